The lowest BCUT2D eigenvalue weighted by Gasteiger charge is -2.26. The first kappa shape index (κ1) is 23.0. The molecular formula is C26H24N8O2. The predicted octanol–water partition coefficient (Wildman–Crippen LogP) is 2.97. The van der Waals surface area contributed by atoms with Gasteiger partial charge in [-0.3, -0.25) is 4.68 Å². The van der Waals surface area contributed by atoms with Crippen LogP contribution in [-0.4, -0.2) is 54.2 Å². The molecule has 0 fully saturated rings. The molecule has 1 aromatic carbocycles. The van der Waals surface area contributed by atoms with E-state index in [9.17, 15) is 15.5 Å². The van der Waals surface area contributed by atoms with E-state index in [2.05, 4.69) is 26.1 Å². The Balaban J connectivity index is 1.62. The fourth-order valence-electron chi connectivity index (χ4n) is 4.14. The normalized spacial score (nSPS) is 11.9. The molecule has 0 aliphatic heterocycles. The molecule has 4 heterocycles. The van der Waals surface area contributed by atoms with Gasteiger partial charge in [-0.25, -0.2) is 9.97 Å². The minimum Gasteiger partial charge on any atom is -0.394 e. The number of aryl methyl sites for hydroxylation is 1. The lowest BCUT2D eigenvalue weighted by Crippen LogP contribution is -2.31. The summed E-state index contributed by atoms with van der Waals surface area (Å²) in [5.41, 5.74) is 11.6. The SMILES string of the molecule is Cn1cc(-c2cnc3[nH]cc(-c4cc(N)nc(N(CC(O)CO)c5cccc(C#N)c5)c4)c3c2)cn1. The lowest BCUT2D eigenvalue weighted by atomic mass is 10.0. The summed E-state index contributed by atoms with van der Waals surface area (Å²) in [4.78, 5) is 14.0. The van der Waals surface area contributed by atoms with Gasteiger partial charge in [0, 0.05) is 53.4 Å². The first-order chi connectivity index (χ1) is 17.4. The van der Waals surface area contributed by atoms with Crippen LogP contribution >= 0.6 is 0 Å². The van der Waals surface area contributed by atoms with Crippen LogP contribution < -0.4 is 10.6 Å². The molecule has 0 saturated heterocycles. The number of pyridine rings is 2. The van der Waals surface area contributed by atoms with E-state index in [1.807, 2.05) is 37.6 Å². The summed E-state index contributed by atoms with van der Waals surface area (Å²) < 4.78 is 1.74. The van der Waals surface area contributed by atoms with Gasteiger partial charge in [0.2, 0.25) is 0 Å². The number of aromatic nitrogens is 5. The third-order valence-electron chi connectivity index (χ3n) is 5.88. The van der Waals surface area contributed by atoms with Crippen LogP contribution in [0, 0.1) is 11.3 Å². The maximum absolute atomic E-state index is 10.2. The molecule has 10 nitrogen and oxygen atoms in total. The Morgan fingerprint density at radius 1 is 1.17 bits per heavy atom. The number of nitrogens with one attached hydrogen (secondary N) is 1. The van der Waals surface area contributed by atoms with Crippen LogP contribution in [0.4, 0.5) is 17.3 Å². The largest absolute Gasteiger partial charge is 0.394 e. The maximum Gasteiger partial charge on any atom is 0.137 e. The van der Waals surface area contributed by atoms with Crippen LogP contribution in [0.25, 0.3) is 33.3 Å². The summed E-state index contributed by atoms with van der Waals surface area (Å²) in [6.45, 7) is -0.364. The van der Waals surface area contributed by atoms with Crippen LogP contribution in [0.3, 0.4) is 0 Å². The van der Waals surface area contributed by atoms with Gasteiger partial charge in [-0.1, -0.05) is 6.07 Å². The minimum absolute atomic E-state index is 0.0574. The zero-order chi connectivity index (χ0) is 25.2. The zero-order valence-corrected chi connectivity index (χ0v) is 19.5. The van der Waals surface area contributed by atoms with Crippen molar-refractivity contribution in [2.24, 2.45) is 7.05 Å². The van der Waals surface area contributed by atoms with Crippen molar-refractivity contribution in [2.45, 2.75) is 6.10 Å². The van der Waals surface area contributed by atoms with Crippen molar-refractivity contribution in [3.63, 3.8) is 0 Å². The minimum atomic E-state index is -1.03. The number of hydrogen-bond acceptors (Lipinski definition) is 8. The monoisotopic (exact) mass is 480 g/mol. The highest BCUT2D eigenvalue weighted by atomic mass is 16.3. The summed E-state index contributed by atoms with van der Waals surface area (Å²) in [7, 11) is 1.87. The van der Waals surface area contributed by atoms with Gasteiger partial charge >= 0.3 is 0 Å². The fourth-order valence-corrected chi connectivity index (χ4v) is 4.14. The van der Waals surface area contributed by atoms with Crippen molar-refractivity contribution in [1.29, 1.82) is 5.26 Å². The molecule has 0 saturated carbocycles. The van der Waals surface area contributed by atoms with Crippen molar-refractivity contribution in [3.8, 4) is 28.3 Å². The molecule has 5 N–H and O–H groups in total. The standard InChI is InChI=1S/C26H24N8O2/c1-33-13-19(11-31-33)18-6-22-23(12-30-26(22)29-10-18)17-7-24(28)32-25(8-17)34(14-21(36)15-35)20-4-2-3-16(5-20)9-27/h2-8,10-13,21,35-36H,14-15H2,1H3,(H2,28,32)(H,29,30). The van der Waals surface area contributed by atoms with Crippen molar-refractivity contribution in [1.82, 2.24) is 24.7 Å². The van der Waals surface area contributed by atoms with Crippen molar-refractivity contribution < 1.29 is 10.2 Å². The van der Waals surface area contributed by atoms with Crippen LogP contribution in [0.5, 0.6) is 0 Å². The summed E-state index contributed by atoms with van der Waals surface area (Å²) in [5.74, 6) is 0.756. The number of H-pyrrole nitrogens is 1. The van der Waals surface area contributed by atoms with Crippen LogP contribution in [0.2, 0.25) is 0 Å². The van der Waals surface area contributed by atoms with Crippen molar-refractivity contribution in [3.05, 3.63) is 72.8 Å². The first-order valence-electron chi connectivity index (χ1n) is 11.3. The van der Waals surface area contributed by atoms with E-state index in [0.29, 0.717) is 17.1 Å². The van der Waals surface area contributed by atoms with Gasteiger partial charge in [0.15, 0.2) is 0 Å². The number of benzene rings is 1. The van der Waals surface area contributed by atoms with Crippen molar-refractivity contribution >= 4 is 28.4 Å². The maximum atomic E-state index is 10.2. The molecular weight excluding hydrogens is 456 g/mol. The molecule has 0 bridgehead atoms. The number of aliphatic hydroxyl groups excluding tert-OH is 2. The summed E-state index contributed by atoms with van der Waals surface area (Å²) in [6.07, 6.45) is 6.36. The van der Waals surface area contributed by atoms with E-state index in [4.69, 9.17) is 5.73 Å². The smallest absolute Gasteiger partial charge is 0.137 e. The van der Waals surface area contributed by atoms with Crippen molar-refractivity contribution in [2.75, 3.05) is 23.8 Å². The number of nitrogens with two attached hydrogens (primary N) is 1. The molecule has 0 aliphatic carbocycles. The van der Waals surface area contributed by atoms with Gasteiger partial charge in [0.1, 0.15) is 17.3 Å². The van der Waals surface area contributed by atoms with E-state index >= 15 is 0 Å². The van der Waals surface area contributed by atoms with Gasteiger partial charge in [0.25, 0.3) is 0 Å². The van der Waals surface area contributed by atoms with E-state index in [-0.39, 0.29) is 12.4 Å². The fraction of sp³-hybridized carbons (Fsp3) is 0.154. The van der Waals surface area contributed by atoms with E-state index in [1.165, 1.54) is 0 Å². The molecule has 4 aromatic heterocycles. The van der Waals surface area contributed by atoms with E-state index in [1.54, 1.807) is 46.2 Å². The first-order valence-corrected chi connectivity index (χ1v) is 11.3. The van der Waals surface area contributed by atoms with E-state index < -0.39 is 12.7 Å². The molecule has 5 rings (SSSR count). The lowest BCUT2D eigenvalue weighted by molar-refractivity contribution is 0.102. The molecule has 1 atom stereocenters. The quantitative estimate of drug-likeness (QED) is 0.277. The van der Waals surface area contributed by atoms with Gasteiger partial charge in [0.05, 0.1) is 37.1 Å². The highest BCUT2D eigenvalue weighted by Crippen LogP contribution is 2.35. The highest BCUT2D eigenvalue weighted by molar-refractivity contribution is 5.96. The Bertz CT molecular complexity index is 1580. The molecule has 0 spiro atoms. The van der Waals surface area contributed by atoms with Gasteiger partial charge in [-0.2, -0.15) is 10.4 Å². The average Bonchev–Trinajstić information content (AvgIpc) is 3.52. The van der Waals surface area contributed by atoms with Gasteiger partial charge in [-0.05, 0) is 42.0 Å². The number of anilines is 3. The third kappa shape index (κ3) is 4.48. The third-order valence-corrected chi connectivity index (χ3v) is 5.88. The Kier molecular flexibility index (Phi) is 6.08. The number of nitrogens with zero attached hydrogens (tertiary/aromatic N) is 6. The zero-order valence-electron chi connectivity index (χ0n) is 19.5. The van der Waals surface area contributed by atoms with Crippen LogP contribution in [0.15, 0.2) is 67.3 Å². The summed E-state index contributed by atoms with van der Waals surface area (Å²) in [6, 6.07) is 14.8. The number of nitrogen functional groups attached to an aromatic ring is 1. The number of hydrogen-bond donors (Lipinski definition) is 4. The molecule has 180 valence electrons. The second kappa shape index (κ2) is 9.50. The molecule has 0 aliphatic rings. The number of rotatable bonds is 7. The highest BCUT2D eigenvalue weighted by Gasteiger charge is 2.19. The average molecular weight is 481 g/mol. The number of aromatic amines is 1. The molecule has 0 radical (unpaired) electrons. The van der Waals surface area contributed by atoms with E-state index in [0.717, 1.165) is 33.3 Å². The Morgan fingerprint density at radius 3 is 2.78 bits per heavy atom. The Labute approximate surface area is 206 Å². The molecule has 1 unspecified atom stereocenters. The molecule has 10 heteroatoms. The van der Waals surface area contributed by atoms with Gasteiger partial charge in [-0.15, -0.1) is 0 Å². The molecule has 5 aromatic rings. The molecule has 36 heavy (non-hydrogen) atoms. The number of aliphatic hydroxyl groups is 2. The predicted molar refractivity (Wildman–Crippen MR) is 137 cm³/mol. The molecule has 0 amide bonds. The second-order valence-corrected chi connectivity index (χ2v) is 8.47. The van der Waals surface area contributed by atoms with Crippen LogP contribution in [-0.2, 0) is 7.05 Å². The Morgan fingerprint density at radius 2 is 2.03 bits per heavy atom. The summed E-state index contributed by atoms with van der Waals surface area (Å²) >= 11 is 0. The van der Waals surface area contributed by atoms with Crippen LogP contribution in [0.1, 0.15) is 5.56 Å². The number of fused-ring (bicyclic) bond motifs is 1. The second-order valence-electron chi connectivity index (χ2n) is 8.47. The number of nitriles is 1. The summed E-state index contributed by atoms with van der Waals surface area (Å²) in [5, 5.41) is 34.2. The van der Waals surface area contributed by atoms with Gasteiger partial charge < -0.3 is 25.8 Å². The topological polar surface area (TPSA) is 153 Å². The Hall–Kier alpha value is -4.72.